The molecule has 0 atom stereocenters. The van der Waals surface area contributed by atoms with Crippen molar-refractivity contribution in [1.29, 1.82) is 0 Å². The lowest BCUT2D eigenvalue weighted by atomic mass is 9.91. The van der Waals surface area contributed by atoms with Crippen LogP contribution in [0.2, 0.25) is 0 Å². The van der Waals surface area contributed by atoms with Crippen LogP contribution in [0.4, 0.5) is 0 Å². The number of fused-ring (bicyclic) bond motifs is 11. The van der Waals surface area contributed by atoms with Gasteiger partial charge in [0.05, 0.1) is 0 Å². The predicted octanol–water partition coefficient (Wildman–Crippen LogP) is 9.54. The first kappa shape index (κ1) is 18.9. The Bertz CT molecular complexity index is 1940. The maximum absolute atomic E-state index is 2.41. The molecular weight excluding hydrogens is 420 g/mol. The number of benzene rings is 7. The maximum Gasteiger partial charge on any atom is -0.00132 e. The second kappa shape index (κ2) is 7.04. The van der Waals surface area contributed by atoms with E-state index in [0.717, 1.165) is 6.42 Å². The van der Waals surface area contributed by atoms with Gasteiger partial charge >= 0.3 is 0 Å². The van der Waals surface area contributed by atoms with Crippen molar-refractivity contribution in [3.05, 3.63) is 132 Å². The van der Waals surface area contributed by atoms with Crippen LogP contribution in [0.5, 0.6) is 0 Å². The minimum Gasteiger partial charge on any atom is -0.0616 e. The van der Waals surface area contributed by atoms with Gasteiger partial charge in [-0.1, -0.05) is 109 Å². The summed E-state index contributed by atoms with van der Waals surface area (Å²) in [6.07, 6.45) is 1.02. The zero-order valence-electron chi connectivity index (χ0n) is 19.3. The van der Waals surface area contributed by atoms with Crippen LogP contribution >= 0.6 is 0 Å². The number of rotatable bonds is 1. The lowest BCUT2D eigenvalue weighted by Gasteiger charge is -2.13. The zero-order valence-corrected chi connectivity index (χ0v) is 19.3. The Balaban J connectivity index is 1.38. The molecule has 0 aromatic heterocycles. The van der Waals surface area contributed by atoms with Gasteiger partial charge in [0.25, 0.3) is 0 Å². The number of hydrogen-bond acceptors (Lipinski definition) is 0. The summed E-state index contributed by atoms with van der Waals surface area (Å²) >= 11 is 0. The van der Waals surface area contributed by atoms with Crippen molar-refractivity contribution in [2.75, 3.05) is 0 Å². The van der Waals surface area contributed by atoms with Gasteiger partial charge in [0, 0.05) is 0 Å². The van der Waals surface area contributed by atoms with Crippen molar-refractivity contribution >= 4 is 43.1 Å². The monoisotopic (exact) mass is 442 g/mol. The lowest BCUT2D eigenvalue weighted by molar-refractivity contribution is 1.27. The third kappa shape index (κ3) is 2.68. The average Bonchev–Trinajstić information content (AvgIpc) is 3.31. The van der Waals surface area contributed by atoms with Gasteiger partial charge in [-0.15, -0.1) is 0 Å². The van der Waals surface area contributed by atoms with Gasteiger partial charge in [-0.05, 0) is 95.0 Å². The molecule has 8 rings (SSSR count). The molecule has 0 unspecified atom stereocenters. The zero-order chi connectivity index (χ0) is 22.9. The van der Waals surface area contributed by atoms with E-state index < -0.39 is 0 Å². The quantitative estimate of drug-likeness (QED) is 0.222. The molecule has 7 aromatic rings. The summed E-state index contributed by atoms with van der Waals surface area (Å²) in [5.74, 6) is 0. The standard InChI is InChI=1S/C35H22/c1-2-8-27-22(7-1)13-16-26-19-25-15-14-23(20-33(25)35(26)27)24-17-18-32-30-11-4-3-9-28(30)29-10-5-6-12-31(29)34(32)21-24/h1-18,20-21H,19H2. The molecule has 0 heterocycles. The highest BCUT2D eigenvalue weighted by Crippen LogP contribution is 2.44. The Morgan fingerprint density at radius 2 is 0.914 bits per heavy atom. The van der Waals surface area contributed by atoms with E-state index in [1.807, 2.05) is 0 Å². The molecule has 0 saturated heterocycles. The summed E-state index contributed by atoms with van der Waals surface area (Å²) in [4.78, 5) is 0. The molecule has 0 bridgehead atoms. The summed E-state index contributed by atoms with van der Waals surface area (Å²) in [7, 11) is 0. The van der Waals surface area contributed by atoms with Gasteiger partial charge in [-0.3, -0.25) is 0 Å². The van der Waals surface area contributed by atoms with Gasteiger partial charge in [0.2, 0.25) is 0 Å². The van der Waals surface area contributed by atoms with Crippen LogP contribution in [0.3, 0.4) is 0 Å². The van der Waals surface area contributed by atoms with E-state index in [1.165, 1.54) is 76.5 Å². The van der Waals surface area contributed by atoms with Crippen molar-refractivity contribution in [3.8, 4) is 22.3 Å². The molecule has 0 radical (unpaired) electrons. The van der Waals surface area contributed by atoms with E-state index in [2.05, 4.69) is 121 Å². The van der Waals surface area contributed by atoms with Crippen LogP contribution in [-0.2, 0) is 6.42 Å². The highest BCUT2D eigenvalue weighted by Gasteiger charge is 2.21. The fraction of sp³-hybridized carbons (Fsp3) is 0.0286. The third-order valence-electron chi connectivity index (χ3n) is 7.85. The van der Waals surface area contributed by atoms with Crippen LogP contribution in [0.15, 0.2) is 121 Å². The minimum absolute atomic E-state index is 1.02. The highest BCUT2D eigenvalue weighted by atomic mass is 14.2. The summed E-state index contributed by atoms with van der Waals surface area (Å²) in [6, 6.07) is 45.0. The Morgan fingerprint density at radius 3 is 1.66 bits per heavy atom. The molecule has 0 heteroatoms. The van der Waals surface area contributed by atoms with Crippen molar-refractivity contribution in [2.45, 2.75) is 6.42 Å². The minimum atomic E-state index is 1.02. The first-order chi connectivity index (χ1) is 17.3. The topological polar surface area (TPSA) is 0 Å². The number of hydrogen-bond donors (Lipinski definition) is 0. The fourth-order valence-corrected chi connectivity index (χ4v) is 6.22. The Morgan fingerprint density at radius 1 is 0.371 bits per heavy atom. The van der Waals surface area contributed by atoms with Crippen molar-refractivity contribution in [1.82, 2.24) is 0 Å². The first-order valence-electron chi connectivity index (χ1n) is 12.3. The van der Waals surface area contributed by atoms with Crippen LogP contribution in [-0.4, -0.2) is 0 Å². The first-order valence-corrected chi connectivity index (χ1v) is 12.3. The molecule has 0 nitrogen and oxygen atoms in total. The average molecular weight is 443 g/mol. The second-order valence-corrected chi connectivity index (χ2v) is 9.72. The van der Waals surface area contributed by atoms with E-state index in [9.17, 15) is 0 Å². The molecule has 162 valence electrons. The van der Waals surface area contributed by atoms with Gasteiger partial charge in [0.1, 0.15) is 0 Å². The van der Waals surface area contributed by atoms with Crippen molar-refractivity contribution < 1.29 is 0 Å². The molecule has 0 aliphatic heterocycles. The molecule has 7 aromatic carbocycles. The van der Waals surface area contributed by atoms with Crippen LogP contribution < -0.4 is 0 Å². The maximum atomic E-state index is 2.41. The molecular formula is C35H22. The lowest BCUT2D eigenvalue weighted by Crippen LogP contribution is -1.86. The van der Waals surface area contributed by atoms with E-state index >= 15 is 0 Å². The molecule has 1 aliphatic carbocycles. The van der Waals surface area contributed by atoms with E-state index in [-0.39, 0.29) is 0 Å². The third-order valence-corrected chi connectivity index (χ3v) is 7.85. The summed E-state index contributed by atoms with van der Waals surface area (Å²) in [6.45, 7) is 0. The Kier molecular flexibility index (Phi) is 3.81. The van der Waals surface area contributed by atoms with Gasteiger partial charge < -0.3 is 0 Å². The molecule has 0 amide bonds. The summed E-state index contributed by atoms with van der Waals surface area (Å²) in [5.41, 5.74) is 8.22. The predicted molar refractivity (Wildman–Crippen MR) is 150 cm³/mol. The normalized spacial score (nSPS) is 12.5. The second-order valence-electron chi connectivity index (χ2n) is 9.72. The fourth-order valence-electron chi connectivity index (χ4n) is 6.22. The van der Waals surface area contributed by atoms with Gasteiger partial charge in [0.15, 0.2) is 0 Å². The van der Waals surface area contributed by atoms with E-state index in [1.54, 1.807) is 0 Å². The van der Waals surface area contributed by atoms with Crippen LogP contribution in [0.25, 0.3) is 65.3 Å². The van der Waals surface area contributed by atoms with E-state index in [0.29, 0.717) is 0 Å². The molecule has 0 N–H and O–H groups in total. The van der Waals surface area contributed by atoms with Crippen LogP contribution in [0, 0.1) is 0 Å². The molecule has 35 heavy (non-hydrogen) atoms. The van der Waals surface area contributed by atoms with Crippen LogP contribution in [0.1, 0.15) is 11.1 Å². The van der Waals surface area contributed by atoms with Crippen molar-refractivity contribution in [2.24, 2.45) is 0 Å². The smallest absolute Gasteiger partial charge is 0.00132 e. The van der Waals surface area contributed by atoms with Crippen molar-refractivity contribution in [3.63, 3.8) is 0 Å². The molecule has 0 spiro atoms. The largest absolute Gasteiger partial charge is 0.0616 e. The highest BCUT2D eigenvalue weighted by molar-refractivity contribution is 6.25. The summed E-state index contributed by atoms with van der Waals surface area (Å²) < 4.78 is 0. The van der Waals surface area contributed by atoms with Gasteiger partial charge in [-0.25, -0.2) is 0 Å². The molecule has 1 aliphatic rings. The molecule has 0 fully saturated rings. The van der Waals surface area contributed by atoms with E-state index in [4.69, 9.17) is 0 Å². The molecule has 0 saturated carbocycles. The Labute approximate surface area is 204 Å². The van der Waals surface area contributed by atoms with Gasteiger partial charge in [-0.2, -0.15) is 0 Å². The Hall–Kier alpha value is -4.42. The SMILES string of the molecule is c1ccc2c3c(ccc2c1)Cc1ccc(-c2ccc4c5ccccc5c5ccccc5c4c2)cc1-3. The summed E-state index contributed by atoms with van der Waals surface area (Å²) in [5, 5.41) is 10.6.